The summed E-state index contributed by atoms with van der Waals surface area (Å²) >= 11 is 0. The number of amides is 2. The van der Waals surface area contributed by atoms with Crippen LogP contribution in [0.5, 0.6) is 17.2 Å². The summed E-state index contributed by atoms with van der Waals surface area (Å²) in [6.07, 6.45) is 0.0327. The number of para-hydroxylation sites is 1. The Morgan fingerprint density at radius 1 is 1.11 bits per heavy atom. The lowest BCUT2D eigenvalue weighted by Gasteiger charge is -2.40. The van der Waals surface area contributed by atoms with Gasteiger partial charge >= 0.3 is 0 Å². The maximum atomic E-state index is 13.3. The van der Waals surface area contributed by atoms with Crippen LogP contribution in [-0.4, -0.2) is 84.2 Å². The fraction of sp³-hybridized carbons (Fsp3) is 0.429. The van der Waals surface area contributed by atoms with E-state index in [9.17, 15) is 24.9 Å². The summed E-state index contributed by atoms with van der Waals surface area (Å²) in [6, 6.07) is 10.0. The molecule has 2 amide bonds. The van der Waals surface area contributed by atoms with Gasteiger partial charge in [-0.15, -0.1) is 0 Å². The Morgan fingerprint density at radius 3 is 2.50 bits per heavy atom. The Balaban J connectivity index is 1.74. The number of carbonyl (C=O) groups is 2. The fourth-order valence-electron chi connectivity index (χ4n) is 5.29. The normalized spacial score (nSPS) is 21.5. The van der Waals surface area contributed by atoms with E-state index in [1.807, 2.05) is 24.3 Å². The molecule has 2 aromatic carbocycles. The molecular formula is C28H34N2O8. The van der Waals surface area contributed by atoms with Crippen molar-refractivity contribution >= 4 is 11.8 Å². The Morgan fingerprint density at radius 2 is 1.84 bits per heavy atom. The standard InChI is InChI=1S/C28H34N2O8/c1-16(33)30(10-8-18-6-4-5-7-22(18)36-2)21-14-20(28(35)29-9-11-31)24-19-12-17(15-32)13-23(37-3)26(19)38-27(24)25(21)34/h4-7,12-14,21,24-25,27,31-32,34H,8-11,15H2,1-3H3,(H,29,35). The molecule has 1 aliphatic heterocycles. The third-order valence-corrected chi connectivity index (χ3v) is 7.07. The highest BCUT2D eigenvalue weighted by Gasteiger charge is 2.51. The van der Waals surface area contributed by atoms with Crippen LogP contribution in [0.2, 0.25) is 0 Å². The molecule has 4 rings (SSSR count). The van der Waals surface area contributed by atoms with E-state index in [0.717, 1.165) is 5.56 Å². The van der Waals surface area contributed by atoms with Crippen LogP contribution in [-0.2, 0) is 22.6 Å². The number of fused-ring (bicyclic) bond motifs is 3. The van der Waals surface area contributed by atoms with Crippen molar-refractivity contribution in [1.82, 2.24) is 10.2 Å². The van der Waals surface area contributed by atoms with E-state index in [4.69, 9.17) is 14.2 Å². The van der Waals surface area contributed by atoms with Crippen LogP contribution in [0.4, 0.5) is 0 Å². The van der Waals surface area contributed by atoms with Gasteiger partial charge in [0.15, 0.2) is 11.5 Å². The van der Waals surface area contributed by atoms with Crippen molar-refractivity contribution in [2.75, 3.05) is 33.9 Å². The number of methoxy groups -OCH3 is 2. The smallest absolute Gasteiger partial charge is 0.247 e. The van der Waals surface area contributed by atoms with Gasteiger partial charge in [-0.05, 0) is 41.8 Å². The molecule has 4 N–H and O–H groups in total. The van der Waals surface area contributed by atoms with Gasteiger partial charge in [-0.2, -0.15) is 0 Å². The predicted octanol–water partition coefficient (Wildman–Crippen LogP) is 0.910. The molecule has 4 unspecified atom stereocenters. The van der Waals surface area contributed by atoms with Gasteiger partial charge < -0.3 is 39.7 Å². The molecule has 2 aromatic rings. The molecule has 10 nitrogen and oxygen atoms in total. The number of hydrogen-bond acceptors (Lipinski definition) is 8. The minimum Gasteiger partial charge on any atom is -0.496 e. The molecule has 0 fully saturated rings. The summed E-state index contributed by atoms with van der Waals surface area (Å²) in [4.78, 5) is 27.7. The first-order valence-electron chi connectivity index (χ1n) is 12.5. The van der Waals surface area contributed by atoms with Gasteiger partial charge in [0.05, 0.1) is 39.4 Å². The molecule has 4 atom stereocenters. The highest BCUT2D eigenvalue weighted by Crippen LogP contribution is 2.51. The van der Waals surface area contributed by atoms with Gasteiger partial charge in [0, 0.05) is 31.1 Å². The molecule has 38 heavy (non-hydrogen) atoms. The lowest BCUT2D eigenvalue weighted by Crippen LogP contribution is -2.55. The monoisotopic (exact) mass is 526 g/mol. The SMILES string of the molecule is COc1ccccc1CCN(C(C)=O)C1C=C(C(=O)NCCO)C2c3cc(CO)cc(OC)c3OC2C1O. The van der Waals surface area contributed by atoms with E-state index < -0.39 is 30.1 Å². The van der Waals surface area contributed by atoms with Crippen LogP contribution < -0.4 is 19.5 Å². The average Bonchev–Trinajstić information content (AvgIpc) is 3.32. The molecule has 0 aromatic heterocycles. The zero-order chi connectivity index (χ0) is 27.4. The maximum Gasteiger partial charge on any atom is 0.247 e. The van der Waals surface area contributed by atoms with Crippen LogP contribution in [0.1, 0.15) is 29.5 Å². The number of nitrogens with one attached hydrogen (secondary N) is 1. The van der Waals surface area contributed by atoms with E-state index in [1.54, 1.807) is 25.3 Å². The Bertz CT molecular complexity index is 1210. The summed E-state index contributed by atoms with van der Waals surface area (Å²) in [7, 11) is 3.06. The first-order chi connectivity index (χ1) is 18.3. The topological polar surface area (TPSA) is 138 Å². The van der Waals surface area contributed by atoms with Crippen molar-refractivity contribution in [3.05, 3.63) is 64.7 Å². The van der Waals surface area contributed by atoms with Gasteiger partial charge in [-0.3, -0.25) is 9.59 Å². The minimum atomic E-state index is -1.16. The molecule has 1 heterocycles. The second-order valence-corrected chi connectivity index (χ2v) is 9.29. The van der Waals surface area contributed by atoms with E-state index >= 15 is 0 Å². The third kappa shape index (κ3) is 5.20. The second-order valence-electron chi connectivity index (χ2n) is 9.29. The first-order valence-corrected chi connectivity index (χ1v) is 12.5. The molecule has 0 saturated heterocycles. The summed E-state index contributed by atoms with van der Waals surface area (Å²) < 4.78 is 17.1. The fourth-order valence-corrected chi connectivity index (χ4v) is 5.29. The second kappa shape index (κ2) is 11.8. The van der Waals surface area contributed by atoms with Crippen LogP contribution >= 0.6 is 0 Å². The molecule has 2 aliphatic rings. The number of benzene rings is 2. The van der Waals surface area contributed by atoms with Crippen LogP contribution in [0.3, 0.4) is 0 Å². The molecule has 204 valence electrons. The van der Waals surface area contributed by atoms with Crippen LogP contribution in [0, 0.1) is 0 Å². The number of ether oxygens (including phenoxy) is 3. The zero-order valence-electron chi connectivity index (χ0n) is 21.7. The Kier molecular flexibility index (Phi) is 8.55. The molecule has 0 radical (unpaired) electrons. The minimum absolute atomic E-state index is 0.0404. The quantitative estimate of drug-likeness (QED) is 0.359. The maximum absolute atomic E-state index is 13.3. The van der Waals surface area contributed by atoms with E-state index in [0.29, 0.717) is 40.4 Å². The van der Waals surface area contributed by atoms with Gasteiger partial charge in [-0.1, -0.05) is 18.2 Å². The number of carbonyl (C=O) groups excluding carboxylic acids is 2. The Labute approximate surface area is 221 Å². The van der Waals surface area contributed by atoms with Gasteiger partial charge in [-0.25, -0.2) is 0 Å². The number of aliphatic hydroxyl groups excluding tert-OH is 3. The largest absolute Gasteiger partial charge is 0.496 e. The van der Waals surface area contributed by atoms with Crippen LogP contribution in [0.15, 0.2) is 48.0 Å². The summed E-state index contributed by atoms with van der Waals surface area (Å²) in [5, 5.41) is 33.3. The van der Waals surface area contributed by atoms with Gasteiger partial charge in [0.25, 0.3) is 0 Å². The summed E-state index contributed by atoms with van der Waals surface area (Å²) in [5.74, 6) is 0.0658. The van der Waals surface area contributed by atoms with E-state index in [-0.39, 0.29) is 32.2 Å². The summed E-state index contributed by atoms with van der Waals surface area (Å²) in [6.45, 7) is 1.23. The number of hydrogen-bond donors (Lipinski definition) is 4. The number of rotatable bonds is 10. The van der Waals surface area contributed by atoms with E-state index in [2.05, 4.69) is 5.32 Å². The highest BCUT2D eigenvalue weighted by atomic mass is 16.5. The molecule has 1 aliphatic carbocycles. The summed E-state index contributed by atoms with van der Waals surface area (Å²) in [5.41, 5.74) is 2.38. The van der Waals surface area contributed by atoms with Crippen molar-refractivity contribution in [2.45, 2.75) is 44.1 Å². The van der Waals surface area contributed by atoms with Gasteiger partial charge in [0.1, 0.15) is 18.0 Å². The molecule has 0 saturated carbocycles. The zero-order valence-corrected chi connectivity index (χ0v) is 21.7. The number of aliphatic hydroxyl groups is 3. The molecule has 0 bridgehead atoms. The van der Waals surface area contributed by atoms with Crippen molar-refractivity contribution < 1.29 is 39.1 Å². The third-order valence-electron chi connectivity index (χ3n) is 7.07. The van der Waals surface area contributed by atoms with Crippen molar-refractivity contribution in [2.24, 2.45) is 0 Å². The lowest BCUT2D eigenvalue weighted by atomic mass is 9.77. The van der Waals surface area contributed by atoms with E-state index in [1.165, 1.54) is 18.9 Å². The van der Waals surface area contributed by atoms with Gasteiger partial charge in [0.2, 0.25) is 11.8 Å². The van der Waals surface area contributed by atoms with Crippen molar-refractivity contribution in [3.8, 4) is 17.2 Å². The molecule has 0 spiro atoms. The molecular weight excluding hydrogens is 492 g/mol. The average molecular weight is 527 g/mol. The predicted molar refractivity (Wildman–Crippen MR) is 138 cm³/mol. The Hall–Kier alpha value is -3.60. The lowest BCUT2D eigenvalue weighted by molar-refractivity contribution is -0.134. The van der Waals surface area contributed by atoms with Crippen molar-refractivity contribution in [1.29, 1.82) is 0 Å². The first kappa shape index (κ1) is 27.4. The van der Waals surface area contributed by atoms with Crippen molar-refractivity contribution in [3.63, 3.8) is 0 Å². The number of nitrogens with zero attached hydrogens (tertiary/aromatic N) is 1. The molecule has 10 heteroatoms. The highest BCUT2D eigenvalue weighted by molar-refractivity contribution is 5.96. The van der Waals surface area contributed by atoms with Crippen LogP contribution in [0.25, 0.3) is 0 Å².